The van der Waals surface area contributed by atoms with Gasteiger partial charge in [0.05, 0.1) is 13.0 Å². The van der Waals surface area contributed by atoms with E-state index >= 15 is 0 Å². The average molecular weight is 471 g/mol. The fraction of sp³-hybridized carbons (Fsp3) is 0.367. The summed E-state index contributed by atoms with van der Waals surface area (Å²) in [6, 6.07) is 25.1. The summed E-state index contributed by atoms with van der Waals surface area (Å²) in [7, 11) is 1.70. The Bertz CT molecular complexity index is 1170. The lowest BCUT2D eigenvalue weighted by Crippen LogP contribution is -2.59. The van der Waals surface area contributed by atoms with Gasteiger partial charge in [0, 0.05) is 29.8 Å². The van der Waals surface area contributed by atoms with Crippen LogP contribution in [0.2, 0.25) is 0 Å². The molecule has 6 rings (SSSR count). The number of benzene rings is 3. The van der Waals surface area contributed by atoms with Crippen LogP contribution in [-0.2, 0) is 11.3 Å². The summed E-state index contributed by atoms with van der Waals surface area (Å²) >= 11 is 0. The van der Waals surface area contributed by atoms with Gasteiger partial charge in [0.15, 0.2) is 0 Å². The fourth-order valence-corrected chi connectivity index (χ4v) is 6.18. The molecule has 3 aliphatic rings. The maximum atomic E-state index is 12.5. The van der Waals surface area contributed by atoms with E-state index in [2.05, 4.69) is 77.8 Å². The van der Waals surface area contributed by atoms with Gasteiger partial charge in [-0.3, -0.25) is 9.69 Å². The molecule has 2 N–H and O–H groups in total. The number of methoxy groups -OCH3 is 1. The van der Waals surface area contributed by atoms with Crippen molar-refractivity contribution in [1.29, 1.82) is 0 Å². The molecule has 3 unspecified atom stereocenters. The molecule has 3 saturated heterocycles. The number of carboxylic acid groups (broad SMARTS) is 1. The van der Waals surface area contributed by atoms with Gasteiger partial charge in [-0.1, -0.05) is 60.2 Å². The molecule has 0 aliphatic carbocycles. The summed E-state index contributed by atoms with van der Waals surface area (Å²) in [5.74, 6) is 0.109. The van der Waals surface area contributed by atoms with Crippen LogP contribution in [0.5, 0.6) is 5.75 Å². The standard InChI is InChI=1S/C30H34N2O3/c1-20-11-12-26(35-2)24(17-20)19-31-25-10-6-9-23(18-25)27(21-7-4-3-5-8-21)29-28(30(33)34)22-13-15-32(29)16-14-22/h3-12,17-18,22,27-29,31H,13-16,19H2,1-2H3,(H,33,34). The van der Waals surface area contributed by atoms with Gasteiger partial charge in [-0.25, -0.2) is 0 Å². The Labute approximate surface area is 207 Å². The first-order valence-electron chi connectivity index (χ1n) is 12.5. The predicted octanol–water partition coefficient (Wildman–Crippen LogP) is 5.54. The minimum Gasteiger partial charge on any atom is -0.496 e. The highest BCUT2D eigenvalue weighted by atomic mass is 16.5. The number of nitrogens with zero attached hydrogens (tertiary/aromatic N) is 1. The predicted molar refractivity (Wildman–Crippen MR) is 139 cm³/mol. The van der Waals surface area contributed by atoms with Crippen molar-refractivity contribution in [1.82, 2.24) is 4.90 Å². The van der Waals surface area contributed by atoms with Gasteiger partial charge in [0.1, 0.15) is 5.75 Å². The summed E-state index contributed by atoms with van der Waals surface area (Å²) in [5, 5.41) is 13.8. The molecule has 3 atom stereocenters. The highest BCUT2D eigenvalue weighted by Gasteiger charge is 2.49. The first kappa shape index (κ1) is 23.4. The Balaban J connectivity index is 1.48. The molecule has 0 spiro atoms. The van der Waals surface area contributed by atoms with Crippen LogP contribution in [0.4, 0.5) is 5.69 Å². The fourth-order valence-electron chi connectivity index (χ4n) is 6.18. The van der Waals surface area contributed by atoms with Crippen molar-refractivity contribution in [3.8, 4) is 5.75 Å². The first-order chi connectivity index (χ1) is 17.0. The zero-order valence-electron chi connectivity index (χ0n) is 20.5. The summed E-state index contributed by atoms with van der Waals surface area (Å²) in [6.07, 6.45) is 1.96. The molecule has 3 aliphatic heterocycles. The summed E-state index contributed by atoms with van der Waals surface area (Å²) < 4.78 is 5.55. The van der Waals surface area contributed by atoms with Crippen molar-refractivity contribution in [2.75, 3.05) is 25.5 Å². The third-order valence-corrected chi connectivity index (χ3v) is 7.82. The first-order valence-corrected chi connectivity index (χ1v) is 12.5. The highest BCUT2D eigenvalue weighted by molar-refractivity contribution is 5.72. The molecule has 35 heavy (non-hydrogen) atoms. The zero-order valence-corrected chi connectivity index (χ0v) is 20.5. The maximum absolute atomic E-state index is 12.5. The summed E-state index contributed by atoms with van der Waals surface area (Å²) in [6.45, 7) is 4.70. The van der Waals surface area contributed by atoms with E-state index in [1.54, 1.807) is 7.11 Å². The van der Waals surface area contributed by atoms with Crippen LogP contribution in [-0.4, -0.2) is 42.2 Å². The molecule has 182 valence electrons. The van der Waals surface area contributed by atoms with E-state index in [9.17, 15) is 9.90 Å². The highest BCUT2D eigenvalue weighted by Crippen LogP contribution is 2.45. The third kappa shape index (κ3) is 4.78. The van der Waals surface area contributed by atoms with Crippen LogP contribution in [0, 0.1) is 18.8 Å². The van der Waals surface area contributed by atoms with Gasteiger partial charge in [-0.2, -0.15) is 0 Å². The van der Waals surface area contributed by atoms with E-state index in [0.717, 1.165) is 48.5 Å². The van der Waals surface area contributed by atoms with E-state index in [-0.39, 0.29) is 23.8 Å². The van der Waals surface area contributed by atoms with Crippen molar-refractivity contribution in [2.45, 2.75) is 38.3 Å². The molecule has 3 heterocycles. The van der Waals surface area contributed by atoms with Gasteiger partial charge < -0.3 is 15.2 Å². The average Bonchev–Trinajstić information content (AvgIpc) is 2.89. The molecule has 3 fully saturated rings. The summed E-state index contributed by atoms with van der Waals surface area (Å²) in [4.78, 5) is 14.9. The molecular formula is C30H34N2O3. The van der Waals surface area contributed by atoms with Crippen molar-refractivity contribution >= 4 is 11.7 Å². The maximum Gasteiger partial charge on any atom is 0.308 e. The van der Waals surface area contributed by atoms with Gasteiger partial charge in [0.2, 0.25) is 0 Å². The molecule has 0 amide bonds. The quantitative estimate of drug-likeness (QED) is 0.452. The Morgan fingerprint density at radius 2 is 1.77 bits per heavy atom. The van der Waals surface area contributed by atoms with E-state index in [4.69, 9.17) is 4.74 Å². The Morgan fingerprint density at radius 1 is 1.03 bits per heavy atom. The second-order valence-electron chi connectivity index (χ2n) is 9.91. The van der Waals surface area contributed by atoms with Crippen LogP contribution in [0.15, 0.2) is 72.8 Å². The molecule has 3 aromatic rings. The smallest absolute Gasteiger partial charge is 0.308 e. The van der Waals surface area contributed by atoms with Crippen LogP contribution in [0.1, 0.15) is 41.0 Å². The lowest BCUT2D eigenvalue weighted by molar-refractivity contribution is -0.153. The number of nitrogens with one attached hydrogen (secondary N) is 1. The van der Waals surface area contributed by atoms with Crippen LogP contribution in [0.3, 0.4) is 0 Å². The normalized spacial score (nSPS) is 24.1. The SMILES string of the molecule is COc1ccc(C)cc1CNc1cccc(C(c2ccccc2)C2C(C(=O)O)C3CCN2CC3)c1. The van der Waals surface area contributed by atoms with E-state index in [0.29, 0.717) is 6.54 Å². The number of aryl methyl sites for hydroxylation is 1. The summed E-state index contributed by atoms with van der Waals surface area (Å²) in [5.41, 5.74) is 5.66. The molecule has 0 radical (unpaired) electrons. The second-order valence-corrected chi connectivity index (χ2v) is 9.91. The number of carboxylic acids is 1. The lowest BCUT2D eigenvalue weighted by atomic mass is 9.67. The largest absolute Gasteiger partial charge is 0.496 e. The van der Waals surface area contributed by atoms with E-state index in [1.807, 2.05) is 12.1 Å². The van der Waals surface area contributed by atoms with E-state index in [1.165, 1.54) is 11.1 Å². The number of anilines is 1. The topological polar surface area (TPSA) is 61.8 Å². The molecule has 3 aromatic carbocycles. The number of hydrogen-bond acceptors (Lipinski definition) is 4. The van der Waals surface area contributed by atoms with Crippen LogP contribution >= 0.6 is 0 Å². The number of carbonyl (C=O) groups is 1. The zero-order chi connectivity index (χ0) is 24.4. The number of piperidine rings is 3. The number of rotatable bonds is 8. The Morgan fingerprint density at radius 3 is 2.49 bits per heavy atom. The van der Waals surface area contributed by atoms with Crippen LogP contribution in [0.25, 0.3) is 0 Å². The van der Waals surface area contributed by atoms with Gasteiger partial charge in [-0.15, -0.1) is 0 Å². The third-order valence-electron chi connectivity index (χ3n) is 7.82. The number of aliphatic carboxylic acids is 1. The molecule has 0 saturated carbocycles. The Hall–Kier alpha value is -3.31. The molecule has 0 aromatic heterocycles. The molecular weight excluding hydrogens is 436 g/mol. The molecule has 5 nitrogen and oxygen atoms in total. The number of fused-ring (bicyclic) bond motifs is 3. The van der Waals surface area contributed by atoms with Gasteiger partial charge in [-0.05, 0) is 68.1 Å². The molecule has 2 bridgehead atoms. The van der Waals surface area contributed by atoms with Gasteiger partial charge >= 0.3 is 5.97 Å². The van der Waals surface area contributed by atoms with Crippen molar-refractivity contribution in [3.63, 3.8) is 0 Å². The molecule has 5 heteroatoms. The Kier molecular flexibility index (Phi) is 6.78. The monoisotopic (exact) mass is 470 g/mol. The minimum absolute atomic E-state index is 0.00402. The van der Waals surface area contributed by atoms with Crippen molar-refractivity contribution in [2.24, 2.45) is 11.8 Å². The number of hydrogen-bond donors (Lipinski definition) is 2. The number of ether oxygens (including phenoxy) is 1. The van der Waals surface area contributed by atoms with Crippen LogP contribution < -0.4 is 10.1 Å². The van der Waals surface area contributed by atoms with Crippen molar-refractivity contribution < 1.29 is 14.6 Å². The van der Waals surface area contributed by atoms with E-state index < -0.39 is 5.97 Å². The minimum atomic E-state index is -0.661. The lowest BCUT2D eigenvalue weighted by Gasteiger charge is -2.52. The van der Waals surface area contributed by atoms with Crippen molar-refractivity contribution in [3.05, 3.63) is 95.1 Å². The second kappa shape index (κ2) is 10.1. The van der Waals surface area contributed by atoms with Gasteiger partial charge in [0.25, 0.3) is 0 Å².